The Balaban J connectivity index is 1.49. The molecular formula is C21H25ClFN3O3S. The number of sulfonamides is 1. The summed E-state index contributed by atoms with van der Waals surface area (Å²) in [6, 6.07) is 12.1. The fraction of sp³-hybridized carbons (Fsp3) is 0.381. The fourth-order valence-corrected chi connectivity index (χ4v) is 5.13. The van der Waals surface area contributed by atoms with E-state index in [-0.39, 0.29) is 22.7 Å². The third-order valence-electron chi connectivity index (χ3n) is 5.26. The van der Waals surface area contributed by atoms with Gasteiger partial charge in [-0.3, -0.25) is 9.69 Å². The Morgan fingerprint density at radius 3 is 2.43 bits per heavy atom. The predicted octanol–water partition coefficient (Wildman–Crippen LogP) is 2.53. The molecule has 0 aromatic heterocycles. The molecule has 0 radical (unpaired) electrons. The van der Waals surface area contributed by atoms with Gasteiger partial charge in [0.1, 0.15) is 5.82 Å². The molecule has 1 N–H and O–H groups in total. The summed E-state index contributed by atoms with van der Waals surface area (Å²) in [5.74, 6) is -0.392. The van der Waals surface area contributed by atoms with E-state index < -0.39 is 10.0 Å². The molecule has 0 bridgehead atoms. The van der Waals surface area contributed by atoms with Gasteiger partial charge in [0.2, 0.25) is 15.9 Å². The van der Waals surface area contributed by atoms with Crippen LogP contribution >= 0.6 is 11.6 Å². The van der Waals surface area contributed by atoms with Crippen molar-refractivity contribution in [1.29, 1.82) is 0 Å². The molecular weight excluding hydrogens is 429 g/mol. The number of benzene rings is 2. The molecule has 0 saturated carbocycles. The Morgan fingerprint density at radius 2 is 1.80 bits per heavy atom. The van der Waals surface area contributed by atoms with E-state index in [4.69, 9.17) is 11.6 Å². The van der Waals surface area contributed by atoms with Crippen LogP contribution in [-0.2, 0) is 21.2 Å². The number of hydrogen-bond acceptors (Lipinski definition) is 4. The van der Waals surface area contributed by atoms with Crippen molar-refractivity contribution in [3.05, 3.63) is 64.9 Å². The highest BCUT2D eigenvalue weighted by atomic mass is 35.5. The molecule has 0 spiro atoms. The zero-order chi connectivity index (χ0) is 21.7. The Hall–Kier alpha value is -2.00. The van der Waals surface area contributed by atoms with E-state index in [1.807, 2.05) is 11.8 Å². The van der Waals surface area contributed by atoms with E-state index in [9.17, 15) is 17.6 Å². The van der Waals surface area contributed by atoms with Crippen LogP contribution in [-0.4, -0.2) is 62.3 Å². The van der Waals surface area contributed by atoms with Crippen LogP contribution in [0.3, 0.4) is 0 Å². The maximum Gasteiger partial charge on any atom is 0.243 e. The van der Waals surface area contributed by atoms with Crippen molar-refractivity contribution in [3.63, 3.8) is 0 Å². The molecule has 1 unspecified atom stereocenters. The van der Waals surface area contributed by atoms with Crippen LogP contribution in [0, 0.1) is 5.82 Å². The van der Waals surface area contributed by atoms with E-state index in [1.54, 1.807) is 24.3 Å². The third-order valence-corrected chi connectivity index (χ3v) is 7.39. The van der Waals surface area contributed by atoms with Crippen molar-refractivity contribution in [2.75, 3.05) is 32.7 Å². The highest BCUT2D eigenvalue weighted by Crippen LogP contribution is 2.21. The average Bonchev–Trinajstić information content (AvgIpc) is 2.74. The number of amides is 1. The normalized spacial score (nSPS) is 16.9. The second kappa shape index (κ2) is 9.87. The van der Waals surface area contributed by atoms with Crippen LogP contribution in [0.15, 0.2) is 53.4 Å². The maximum atomic E-state index is 12.9. The highest BCUT2D eigenvalue weighted by Gasteiger charge is 2.31. The Labute approximate surface area is 181 Å². The Kier molecular flexibility index (Phi) is 7.46. The van der Waals surface area contributed by atoms with Gasteiger partial charge in [-0.15, -0.1) is 0 Å². The Morgan fingerprint density at radius 1 is 1.13 bits per heavy atom. The summed E-state index contributed by atoms with van der Waals surface area (Å²) >= 11 is 5.92. The standard InChI is InChI=1S/C21H25ClFN3O3S/c1-16(21(27)24-10-9-17-5-7-19(23)8-6-17)25-11-13-26(14-12-25)30(28,29)20-4-2-3-18(22)15-20/h2-8,15-16H,9-14H2,1H3,(H,24,27). The van der Waals surface area contributed by atoms with E-state index in [0.29, 0.717) is 44.2 Å². The summed E-state index contributed by atoms with van der Waals surface area (Å²) in [6.07, 6.45) is 0.615. The molecule has 1 aliphatic rings. The lowest BCUT2D eigenvalue weighted by Crippen LogP contribution is -2.55. The summed E-state index contributed by atoms with van der Waals surface area (Å²) in [7, 11) is -3.61. The number of nitrogens with one attached hydrogen (secondary N) is 1. The largest absolute Gasteiger partial charge is 0.354 e. The molecule has 1 aliphatic heterocycles. The number of nitrogens with zero attached hydrogens (tertiary/aromatic N) is 2. The molecule has 3 rings (SSSR count). The monoisotopic (exact) mass is 453 g/mol. The van der Waals surface area contributed by atoms with Gasteiger partial charge in [0.05, 0.1) is 10.9 Å². The van der Waals surface area contributed by atoms with Crippen LogP contribution in [0.2, 0.25) is 5.02 Å². The third kappa shape index (κ3) is 5.57. The molecule has 2 aromatic carbocycles. The van der Waals surface area contributed by atoms with Gasteiger partial charge in [0.25, 0.3) is 0 Å². The van der Waals surface area contributed by atoms with Gasteiger partial charge in [0.15, 0.2) is 0 Å². The fourth-order valence-electron chi connectivity index (χ4n) is 3.40. The van der Waals surface area contributed by atoms with Gasteiger partial charge in [0, 0.05) is 37.7 Å². The zero-order valence-electron chi connectivity index (χ0n) is 16.7. The van der Waals surface area contributed by atoms with E-state index >= 15 is 0 Å². The second-order valence-electron chi connectivity index (χ2n) is 7.24. The van der Waals surface area contributed by atoms with E-state index in [1.165, 1.54) is 28.6 Å². The van der Waals surface area contributed by atoms with Crippen LogP contribution in [0.4, 0.5) is 4.39 Å². The van der Waals surface area contributed by atoms with Crippen molar-refractivity contribution >= 4 is 27.5 Å². The second-order valence-corrected chi connectivity index (χ2v) is 9.62. The molecule has 9 heteroatoms. The summed E-state index contributed by atoms with van der Waals surface area (Å²) in [4.78, 5) is 14.6. The summed E-state index contributed by atoms with van der Waals surface area (Å²) in [5.41, 5.74) is 0.948. The van der Waals surface area contributed by atoms with Gasteiger partial charge < -0.3 is 5.32 Å². The van der Waals surface area contributed by atoms with Crippen molar-refractivity contribution < 1.29 is 17.6 Å². The number of rotatable bonds is 7. The minimum absolute atomic E-state index is 0.108. The molecule has 1 atom stereocenters. The predicted molar refractivity (Wildman–Crippen MR) is 114 cm³/mol. The number of halogens is 2. The molecule has 1 fully saturated rings. The molecule has 0 aliphatic carbocycles. The first-order chi connectivity index (χ1) is 14.3. The molecule has 6 nitrogen and oxygen atoms in total. The number of carbonyl (C=O) groups is 1. The molecule has 2 aromatic rings. The smallest absolute Gasteiger partial charge is 0.243 e. The van der Waals surface area contributed by atoms with Gasteiger partial charge >= 0.3 is 0 Å². The van der Waals surface area contributed by atoms with Gasteiger partial charge in [-0.2, -0.15) is 4.31 Å². The minimum Gasteiger partial charge on any atom is -0.354 e. The molecule has 162 valence electrons. The lowest BCUT2D eigenvalue weighted by atomic mass is 10.1. The molecule has 1 heterocycles. The SMILES string of the molecule is CC(C(=O)NCCc1ccc(F)cc1)N1CCN(S(=O)(=O)c2cccc(Cl)c2)CC1. The molecule has 1 amide bonds. The highest BCUT2D eigenvalue weighted by molar-refractivity contribution is 7.89. The van der Waals surface area contributed by atoms with Crippen molar-refractivity contribution in [3.8, 4) is 0 Å². The van der Waals surface area contributed by atoms with Crippen LogP contribution in [0.25, 0.3) is 0 Å². The van der Waals surface area contributed by atoms with Gasteiger partial charge in [-0.25, -0.2) is 12.8 Å². The number of hydrogen-bond donors (Lipinski definition) is 1. The number of carbonyl (C=O) groups excluding carboxylic acids is 1. The summed E-state index contributed by atoms with van der Waals surface area (Å²) in [6.45, 7) is 3.81. The quantitative estimate of drug-likeness (QED) is 0.699. The van der Waals surface area contributed by atoms with Crippen molar-refractivity contribution in [2.45, 2.75) is 24.3 Å². The summed E-state index contributed by atoms with van der Waals surface area (Å²) in [5, 5.41) is 3.27. The Bertz CT molecular complexity index is 977. The van der Waals surface area contributed by atoms with E-state index in [2.05, 4.69) is 5.32 Å². The number of piperazine rings is 1. The van der Waals surface area contributed by atoms with Crippen molar-refractivity contribution in [2.24, 2.45) is 0 Å². The average molecular weight is 454 g/mol. The molecule has 30 heavy (non-hydrogen) atoms. The summed E-state index contributed by atoms with van der Waals surface area (Å²) < 4.78 is 40.0. The van der Waals surface area contributed by atoms with Crippen LogP contribution < -0.4 is 5.32 Å². The first-order valence-electron chi connectivity index (χ1n) is 9.79. The molecule has 1 saturated heterocycles. The van der Waals surface area contributed by atoms with Crippen molar-refractivity contribution in [1.82, 2.24) is 14.5 Å². The minimum atomic E-state index is -3.61. The zero-order valence-corrected chi connectivity index (χ0v) is 18.3. The maximum absolute atomic E-state index is 12.9. The van der Waals surface area contributed by atoms with Gasteiger partial charge in [-0.1, -0.05) is 29.8 Å². The topological polar surface area (TPSA) is 69.7 Å². The lowest BCUT2D eigenvalue weighted by molar-refractivity contribution is -0.126. The van der Waals surface area contributed by atoms with Crippen LogP contribution in [0.1, 0.15) is 12.5 Å². The van der Waals surface area contributed by atoms with E-state index in [0.717, 1.165) is 5.56 Å². The first kappa shape index (κ1) is 22.7. The van der Waals surface area contributed by atoms with Gasteiger partial charge in [-0.05, 0) is 49.2 Å². The van der Waals surface area contributed by atoms with Crippen LogP contribution in [0.5, 0.6) is 0 Å². The lowest BCUT2D eigenvalue weighted by Gasteiger charge is -2.36. The first-order valence-corrected chi connectivity index (χ1v) is 11.6.